The van der Waals surface area contributed by atoms with Crippen molar-refractivity contribution >= 4 is 5.91 Å². The lowest BCUT2D eigenvalue weighted by molar-refractivity contribution is -0.124. The number of primary amides is 1. The Morgan fingerprint density at radius 1 is 1.42 bits per heavy atom. The Hall–Kier alpha value is -0.610. The summed E-state index contributed by atoms with van der Waals surface area (Å²) in [4.78, 5) is 13.9. The normalized spacial score (nSPS) is 16.3. The Labute approximate surface area is 119 Å². The Kier molecular flexibility index (Phi) is 9.02. The number of nitrogens with zero attached hydrogens (tertiary/aromatic N) is 1. The van der Waals surface area contributed by atoms with Crippen molar-refractivity contribution in [1.82, 2.24) is 10.2 Å². The first kappa shape index (κ1) is 18.4. The van der Waals surface area contributed by atoms with E-state index in [4.69, 9.17) is 5.73 Å². The van der Waals surface area contributed by atoms with Crippen molar-refractivity contribution in [2.75, 3.05) is 26.7 Å². The van der Waals surface area contributed by atoms with E-state index in [2.05, 4.69) is 38.0 Å². The van der Waals surface area contributed by atoms with Gasteiger partial charge >= 0.3 is 0 Å². The van der Waals surface area contributed by atoms with Crippen molar-refractivity contribution in [2.45, 2.75) is 58.9 Å². The summed E-state index contributed by atoms with van der Waals surface area (Å²) in [6, 6.07) is 0. The summed E-state index contributed by atoms with van der Waals surface area (Å²) in [6.45, 7) is 11.5. The van der Waals surface area contributed by atoms with Crippen LogP contribution in [0.5, 0.6) is 0 Å². The Balaban J connectivity index is 4.09. The lowest BCUT2D eigenvalue weighted by Crippen LogP contribution is -2.53. The zero-order valence-electron chi connectivity index (χ0n) is 13.5. The zero-order valence-corrected chi connectivity index (χ0v) is 13.5. The molecule has 0 aromatic carbocycles. The minimum atomic E-state index is -0.562. The van der Waals surface area contributed by atoms with Gasteiger partial charge in [0, 0.05) is 6.54 Å². The quantitative estimate of drug-likeness (QED) is 0.604. The minimum Gasteiger partial charge on any atom is -0.368 e. The molecular formula is C15H33N3O. The maximum absolute atomic E-state index is 11.6. The smallest absolute Gasteiger partial charge is 0.237 e. The van der Waals surface area contributed by atoms with E-state index in [0.29, 0.717) is 0 Å². The molecule has 0 aromatic heterocycles. The molecule has 0 aliphatic rings. The summed E-state index contributed by atoms with van der Waals surface area (Å²) < 4.78 is 0. The molecule has 0 saturated carbocycles. The molecule has 19 heavy (non-hydrogen) atoms. The fourth-order valence-electron chi connectivity index (χ4n) is 2.15. The van der Waals surface area contributed by atoms with E-state index in [1.54, 1.807) is 0 Å². The molecule has 0 heterocycles. The molecule has 0 radical (unpaired) electrons. The van der Waals surface area contributed by atoms with Gasteiger partial charge in [-0.05, 0) is 52.2 Å². The summed E-state index contributed by atoms with van der Waals surface area (Å²) >= 11 is 0. The van der Waals surface area contributed by atoms with E-state index in [1.165, 1.54) is 6.42 Å². The molecule has 0 bridgehead atoms. The van der Waals surface area contributed by atoms with Gasteiger partial charge in [0.25, 0.3) is 0 Å². The van der Waals surface area contributed by atoms with Crippen LogP contribution in [0.2, 0.25) is 0 Å². The number of hydrogen-bond donors (Lipinski definition) is 2. The number of nitrogens with two attached hydrogens (primary N) is 1. The Morgan fingerprint density at radius 3 is 2.53 bits per heavy atom. The number of amides is 1. The molecule has 0 fully saturated rings. The van der Waals surface area contributed by atoms with E-state index >= 15 is 0 Å². The van der Waals surface area contributed by atoms with Gasteiger partial charge in [0.05, 0.1) is 5.54 Å². The van der Waals surface area contributed by atoms with E-state index < -0.39 is 5.54 Å². The van der Waals surface area contributed by atoms with Gasteiger partial charge in [0.1, 0.15) is 0 Å². The number of nitrogens with one attached hydrogen (secondary N) is 1. The average Bonchev–Trinajstić information content (AvgIpc) is 2.35. The molecule has 3 N–H and O–H groups in total. The van der Waals surface area contributed by atoms with Gasteiger partial charge in [0.15, 0.2) is 0 Å². The van der Waals surface area contributed by atoms with Gasteiger partial charge in [-0.25, -0.2) is 0 Å². The summed E-state index contributed by atoms with van der Waals surface area (Å²) in [5.41, 5.74) is 4.95. The molecule has 0 aromatic rings. The highest BCUT2D eigenvalue weighted by atomic mass is 16.1. The third-order valence-corrected chi connectivity index (χ3v) is 3.85. The summed E-state index contributed by atoms with van der Waals surface area (Å²) in [6.07, 6.45) is 4.01. The van der Waals surface area contributed by atoms with Crippen LogP contribution in [0.25, 0.3) is 0 Å². The van der Waals surface area contributed by atoms with E-state index in [-0.39, 0.29) is 5.91 Å². The largest absolute Gasteiger partial charge is 0.368 e. The lowest BCUT2D eigenvalue weighted by Gasteiger charge is -2.29. The zero-order chi connectivity index (χ0) is 14.9. The molecule has 0 aliphatic heterocycles. The van der Waals surface area contributed by atoms with Gasteiger partial charge in [-0.1, -0.05) is 27.2 Å². The summed E-state index contributed by atoms with van der Waals surface area (Å²) in [5.74, 6) is 0.483. The van der Waals surface area contributed by atoms with Gasteiger partial charge in [-0.15, -0.1) is 0 Å². The van der Waals surface area contributed by atoms with Gasteiger partial charge < -0.3 is 16.0 Å². The molecule has 2 atom stereocenters. The van der Waals surface area contributed by atoms with E-state index in [1.807, 2.05) is 6.92 Å². The molecule has 0 rings (SSSR count). The highest BCUT2D eigenvalue weighted by Gasteiger charge is 2.29. The van der Waals surface area contributed by atoms with E-state index in [9.17, 15) is 4.79 Å². The van der Waals surface area contributed by atoms with Crippen molar-refractivity contribution in [1.29, 1.82) is 0 Å². The summed E-state index contributed by atoms with van der Waals surface area (Å²) in [7, 11) is 2.15. The second-order valence-electron chi connectivity index (χ2n) is 6.00. The van der Waals surface area contributed by atoms with E-state index in [0.717, 1.165) is 44.8 Å². The third-order valence-electron chi connectivity index (χ3n) is 3.85. The number of carbonyl (C=O) groups is 1. The molecule has 0 spiro atoms. The van der Waals surface area contributed by atoms with Crippen LogP contribution in [0.1, 0.15) is 53.4 Å². The number of carbonyl (C=O) groups excluding carboxylic acids is 1. The predicted octanol–water partition coefficient (Wildman–Crippen LogP) is 1.99. The fourth-order valence-corrected chi connectivity index (χ4v) is 2.15. The highest BCUT2D eigenvalue weighted by Crippen LogP contribution is 2.13. The van der Waals surface area contributed by atoms with Crippen molar-refractivity contribution < 1.29 is 4.79 Å². The van der Waals surface area contributed by atoms with Gasteiger partial charge in [0.2, 0.25) is 5.91 Å². The second kappa shape index (κ2) is 9.32. The average molecular weight is 271 g/mol. The molecule has 0 aliphatic carbocycles. The lowest BCUT2D eigenvalue weighted by atomic mass is 9.94. The Morgan fingerprint density at radius 2 is 2.05 bits per heavy atom. The van der Waals surface area contributed by atoms with Gasteiger partial charge in [-0.3, -0.25) is 4.79 Å². The monoisotopic (exact) mass is 271 g/mol. The molecule has 1 amide bonds. The van der Waals surface area contributed by atoms with Crippen molar-refractivity contribution in [2.24, 2.45) is 11.7 Å². The molecule has 114 valence electrons. The molecular weight excluding hydrogens is 238 g/mol. The maximum atomic E-state index is 11.6. The van der Waals surface area contributed by atoms with Crippen LogP contribution in [0.3, 0.4) is 0 Å². The topological polar surface area (TPSA) is 58.4 Å². The number of hydrogen-bond acceptors (Lipinski definition) is 3. The van der Waals surface area contributed by atoms with Crippen LogP contribution in [-0.4, -0.2) is 43.0 Å². The molecule has 2 unspecified atom stereocenters. The fraction of sp³-hybridized carbons (Fsp3) is 0.933. The first-order chi connectivity index (χ1) is 8.85. The maximum Gasteiger partial charge on any atom is 0.237 e. The predicted molar refractivity (Wildman–Crippen MR) is 82.1 cm³/mol. The summed E-state index contributed by atoms with van der Waals surface area (Å²) in [5, 5.41) is 3.28. The molecule has 4 heteroatoms. The van der Waals surface area contributed by atoms with Crippen LogP contribution in [0.15, 0.2) is 0 Å². The van der Waals surface area contributed by atoms with Crippen molar-refractivity contribution in [3.05, 3.63) is 0 Å². The SMILES string of the molecule is CCCNC(C)(CCCN(C)CC(C)CC)C(N)=O. The molecule has 0 saturated heterocycles. The highest BCUT2D eigenvalue weighted by molar-refractivity contribution is 5.84. The standard InChI is InChI=1S/C15H33N3O/c1-6-10-17-15(4,14(16)19)9-8-11-18(5)12-13(3)7-2/h13,17H,6-12H2,1-5H3,(H2,16,19). The minimum absolute atomic E-state index is 0.245. The Bertz CT molecular complexity index is 258. The van der Waals surface area contributed by atoms with Crippen LogP contribution in [0, 0.1) is 5.92 Å². The third kappa shape index (κ3) is 7.53. The van der Waals surface area contributed by atoms with Crippen LogP contribution < -0.4 is 11.1 Å². The van der Waals surface area contributed by atoms with Crippen molar-refractivity contribution in [3.8, 4) is 0 Å². The molecule has 4 nitrogen and oxygen atoms in total. The van der Waals surface area contributed by atoms with Crippen LogP contribution >= 0.6 is 0 Å². The van der Waals surface area contributed by atoms with Crippen molar-refractivity contribution in [3.63, 3.8) is 0 Å². The van der Waals surface area contributed by atoms with Crippen LogP contribution in [-0.2, 0) is 4.79 Å². The van der Waals surface area contributed by atoms with Gasteiger partial charge in [-0.2, -0.15) is 0 Å². The first-order valence-electron chi connectivity index (χ1n) is 7.59. The first-order valence-corrected chi connectivity index (χ1v) is 7.59. The van der Waals surface area contributed by atoms with Crippen LogP contribution in [0.4, 0.5) is 0 Å². The number of rotatable bonds is 11. The second-order valence-corrected chi connectivity index (χ2v) is 6.00.